The maximum absolute atomic E-state index is 5.39. The molecular formula is C17H19N3S. The van der Waals surface area contributed by atoms with Crippen molar-refractivity contribution in [2.75, 3.05) is 6.54 Å². The van der Waals surface area contributed by atoms with E-state index in [2.05, 4.69) is 22.6 Å². The Labute approximate surface area is 131 Å². The SMILES string of the molecule is CCNC(=S)N(Cc1ccccc1)/N=C/c1ccccc1. The molecule has 2 aromatic rings. The number of rotatable bonds is 5. The largest absolute Gasteiger partial charge is 0.361 e. The van der Waals surface area contributed by atoms with E-state index in [1.165, 1.54) is 5.56 Å². The van der Waals surface area contributed by atoms with E-state index < -0.39 is 0 Å². The van der Waals surface area contributed by atoms with E-state index in [1.54, 1.807) is 5.01 Å². The second-order valence-corrected chi connectivity index (χ2v) is 4.92. The highest BCUT2D eigenvalue weighted by molar-refractivity contribution is 7.80. The molecule has 0 amide bonds. The van der Waals surface area contributed by atoms with Crippen molar-refractivity contribution in [3.63, 3.8) is 0 Å². The molecule has 108 valence electrons. The highest BCUT2D eigenvalue weighted by atomic mass is 32.1. The summed E-state index contributed by atoms with van der Waals surface area (Å²) in [4.78, 5) is 0. The van der Waals surface area contributed by atoms with Gasteiger partial charge in [0.25, 0.3) is 0 Å². The average molecular weight is 297 g/mol. The summed E-state index contributed by atoms with van der Waals surface area (Å²) in [7, 11) is 0. The van der Waals surface area contributed by atoms with E-state index in [0.29, 0.717) is 11.7 Å². The average Bonchev–Trinajstić information content (AvgIpc) is 2.53. The standard InChI is InChI=1S/C17H19N3S/c1-2-18-17(21)20(14-16-11-7-4-8-12-16)19-13-15-9-5-3-6-10-15/h3-13H,2,14H2,1H3,(H,18,21)/b19-13+. The van der Waals surface area contributed by atoms with Gasteiger partial charge in [-0.1, -0.05) is 60.7 Å². The summed E-state index contributed by atoms with van der Waals surface area (Å²) in [6, 6.07) is 20.2. The number of thiocarbonyl (C=S) groups is 1. The second kappa shape index (κ2) is 8.17. The van der Waals surface area contributed by atoms with E-state index in [9.17, 15) is 0 Å². The number of hydrogen-bond acceptors (Lipinski definition) is 2. The molecule has 0 bridgehead atoms. The van der Waals surface area contributed by atoms with Crippen molar-refractivity contribution in [1.82, 2.24) is 10.3 Å². The van der Waals surface area contributed by atoms with Crippen LogP contribution in [0.15, 0.2) is 65.8 Å². The Morgan fingerprint density at radius 3 is 2.33 bits per heavy atom. The molecule has 0 atom stereocenters. The number of nitrogens with one attached hydrogen (secondary N) is 1. The molecule has 2 aromatic carbocycles. The van der Waals surface area contributed by atoms with E-state index in [4.69, 9.17) is 12.2 Å². The van der Waals surface area contributed by atoms with Crippen molar-refractivity contribution in [3.05, 3.63) is 71.8 Å². The second-order valence-electron chi connectivity index (χ2n) is 4.53. The van der Waals surface area contributed by atoms with Gasteiger partial charge in [-0.05, 0) is 30.3 Å². The van der Waals surface area contributed by atoms with Crippen LogP contribution in [0.5, 0.6) is 0 Å². The third-order valence-corrected chi connectivity index (χ3v) is 3.24. The first-order valence-corrected chi connectivity index (χ1v) is 7.38. The topological polar surface area (TPSA) is 27.6 Å². The highest BCUT2D eigenvalue weighted by Gasteiger charge is 2.07. The van der Waals surface area contributed by atoms with Crippen molar-refractivity contribution in [1.29, 1.82) is 0 Å². The molecule has 0 radical (unpaired) electrons. The van der Waals surface area contributed by atoms with Gasteiger partial charge in [0, 0.05) is 6.54 Å². The molecule has 2 rings (SSSR count). The molecule has 0 aromatic heterocycles. The van der Waals surface area contributed by atoms with E-state index in [-0.39, 0.29) is 0 Å². The van der Waals surface area contributed by atoms with E-state index >= 15 is 0 Å². The summed E-state index contributed by atoms with van der Waals surface area (Å²) in [6.07, 6.45) is 1.83. The molecule has 0 unspecified atom stereocenters. The van der Waals surface area contributed by atoms with Crippen LogP contribution in [0.3, 0.4) is 0 Å². The molecule has 0 aliphatic carbocycles. The van der Waals surface area contributed by atoms with Crippen LogP contribution in [0.1, 0.15) is 18.1 Å². The molecule has 1 N–H and O–H groups in total. The van der Waals surface area contributed by atoms with Crippen LogP contribution in [0, 0.1) is 0 Å². The summed E-state index contributed by atoms with van der Waals surface area (Å²) < 4.78 is 0. The Bertz CT molecular complexity index is 581. The van der Waals surface area contributed by atoms with Crippen LogP contribution in [-0.4, -0.2) is 22.9 Å². The smallest absolute Gasteiger partial charge is 0.189 e. The van der Waals surface area contributed by atoms with Gasteiger partial charge >= 0.3 is 0 Å². The fourth-order valence-electron chi connectivity index (χ4n) is 1.84. The van der Waals surface area contributed by atoms with Gasteiger partial charge in [0.15, 0.2) is 5.11 Å². The molecule has 3 nitrogen and oxygen atoms in total. The van der Waals surface area contributed by atoms with Crippen molar-refractivity contribution >= 4 is 23.5 Å². The normalized spacial score (nSPS) is 10.5. The maximum Gasteiger partial charge on any atom is 0.189 e. The Kier molecular flexibility index (Phi) is 5.91. The highest BCUT2D eigenvalue weighted by Crippen LogP contribution is 2.06. The van der Waals surface area contributed by atoms with Crippen LogP contribution < -0.4 is 5.32 Å². The lowest BCUT2D eigenvalue weighted by Crippen LogP contribution is -2.35. The fourth-order valence-corrected chi connectivity index (χ4v) is 2.10. The minimum atomic E-state index is 0.633. The third kappa shape index (κ3) is 5.00. The fraction of sp³-hybridized carbons (Fsp3) is 0.176. The Hall–Kier alpha value is -2.20. The number of benzene rings is 2. The molecule has 4 heteroatoms. The predicted molar refractivity (Wildman–Crippen MR) is 92.3 cm³/mol. The van der Waals surface area contributed by atoms with Crippen LogP contribution in [0.2, 0.25) is 0 Å². The monoisotopic (exact) mass is 297 g/mol. The first kappa shape index (κ1) is 15.2. The lowest BCUT2D eigenvalue weighted by Gasteiger charge is -2.20. The first-order chi connectivity index (χ1) is 10.3. The maximum atomic E-state index is 5.39. The number of hydrazone groups is 1. The summed E-state index contributed by atoms with van der Waals surface area (Å²) >= 11 is 5.39. The zero-order valence-electron chi connectivity index (χ0n) is 12.1. The molecule has 0 saturated carbocycles. The summed E-state index contributed by atoms with van der Waals surface area (Å²) in [5.41, 5.74) is 2.22. The molecule has 0 spiro atoms. The quantitative estimate of drug-likeness (QED) is 0.520. The van der Waals surface area contributed by atoms with Gasteiger partial charge in [-0.25, -0.2) is 5.01 Å². The van der Waals surface area contributed by atoms with Crippen LogP contribution in [0.25, 0.3) is 0 Å². The molecular weight excluding hydrogens is 278 g/mol. The van der Waals surface area contributed by atoms with Gasteiger partial charge in [-0.15, -0.1) is 0 Å². The molecule has 0 aliphatic heterocycles. The number of nitrogens with zero attached hydrogens (tertiary/aromatic N) is 2. The minimum Gasteiger partial charge on any atom is -0.361 e. The Morgan fingerprint density at radius 2 is 1.71 bits per heavy atom. The van der Waals surface area contributed by atoms with Crippen molar-refractivity contribution in [3.8, 4) is 0 Å². The first-order valence-electron chi connectivity index (χ1n) is 6.98. The van der Waals surface area contributed by atoms with Gasteiger partial charge in [0.1, 0.15) is 0 Å². The molecule has 21 heavy (non-hydrogen) atoms. The minimum absolute atomic E-state index is 0.633. The van der Waals surface area contributed by atoms with Crippen molar-refractivity contribution in [2.24, 2.45) is 5.10 Å². The van der Waals surface area contributed by atoms with Crippen molar-refractivity contribution in [2.45, 2.75) is 13.5 Å². The van der Waals surface area contributed by atoms with Crippen LogP contribution >= 0.6 is 12.2 Å². The van der Waals surface area contributed by atoms with Gasteiger partial charge in [0.05, 0.1) is 12.8 Å². The van der Waals surface area contributed by atoms with Gasteiger partial charge < -0.3 is 5.32 Å². The van der Waals surface area contributed by atoms with Crippen molar-refractivity contribution < 1.29 is 0 Å². The van der Waals surface area contributed by atoms with Crippen LogP contribution in [-0.2, 0) is 6.54 Å². The molecule has 0 heterocycles. The molecule has 0 aliphatic rings. The van der Waals surface area contributed by atoms with E-state index in [0.717, 1.165) is 12.1 Å². The summed E-state index contributed by atoms with van der Waals surface area (Å²) in [5, 5.41) is 10.1. The molecule has 0 saturated heterocycles. The lowest BCUT2D eigenvalue weighted by molar-refractivity contribution is 0.434. The van der Waals surface area contributed by atoms with Gasteiger partial charge in [-0.2, -0.15) is 5.10 Å². The third-order valence-electron chi connectivity index (χ3n) is 2.88. The zero-order valence-corrected chi connectivity index (χ0v) is 12.9. The van der Waals surface area contributed by atoms with Crippen LogP contribution in [0.4, 0.5) is 0 Å². The Balaban J connectivity index is 2.12. The van der Waals surface area contributed by atoms with Gasteiger partial charge in [-0.3, -0.25) is 0 Å². The lowest BCUT2D eigenvalue weighted by atomic mass is 10.2. The number of hydrogen-bond donors (Lipinski definition) is 1. The van der Waals surface area contributed by atoms with Gasteiger partial charge in [0.2, 0.25) is 0 Å². The zero-order chi connectivity index (χ0) is 14.9. The molecule has 0 fully saturated rings. The summed E-state index contributed by atoms with van der Waals surface area (Å²) in [6.45, 7) is 3.45. The predicted octanol–water partition coefficient (Wildman–Crippen LogP) is 3.42. The summed E-state index contributed by atoms with van der Waals surface area (Å²) in [5.74, 6) is 0. The van der Waals surface area contributed by atoms with E-state index in [1.807, 2.05) is 61.7 Å². The Morgan fingerprint density at radius 1 is 1.10 bits per heavy atom.